The normalized spacial score (nSPS) is 12.3. The fraction of sp³-hybridized carbons (Fsp3) is 0.111. The minimum Gasteiger partial charge on any atom is -0.454 e. The highest BCUT2D eigenvalue weighted by Gasteiger charge is 2.08. The van der Waals surface area contributed by atoms with Crippen molar-refractivity contribution < 1.29 is 9.13 Å². The molecular weight excluding hydrogens is 265 g/mol. The Morgan fingerprint density at radius 3 is 2.43 bits per heavy atom. The fourth-order valence-electron chi connectivity index (χ4n) is 2.24. The molecule has 3 heteroatoms. The van der Waals surface area contributed by atoms with Gasteiger partial charge in [0.1, 0.15) is 5.75 Å². The zero-order valence-corrected chi connectivity index (χ0v) is 11.7. The summed E-state index contributed by atoms with van der Waals surface area (Å²) in [5.74, 6) is 0.411. The molecule has 2 N–H and O–H groups in total. The summed E-state index contributed by atoms with van der Waals surface area (Å²) in [5.41, 5.74) is 6.49. The topological polar surface area (TPSA) is 35.2 Å². The smallest absolute Gasteiger partial charge is 0.166 e. The third kappa shape index (κ3) is 2.88. The lowest BCUT2D eigenvalue weighted by Crippen LogP contribution is -2.05. The van der Waals surface area contributed by atoms with Crippen LogP contribution < -0.4 is 10.5 Å². The van der Waals surface area contributed by atoms with E-state index < -0.39 is 5.82 Å². The van der Waals surface area contributed by atoms with Crippen molar-refractivity contribution in [3.8, 4) is 11.5 Å². The van der Waals surface area contributed by atoms with Gasteiger partial charge in [-0.25, -0.2) is 4.39 Å². The molecule has 2 nitrogen and oxygen atoms in total. The predicted octanol–water partition coefficient (Wildman–Crippen LogP) is 4.79. The summed E-state index contributed by atoms with van der Waals surface area (Å²) in [5, 5.41) is 2.18. The van der Waals surface area contributed by atoms with Crippen LogP contribution in [0.4, 0.5) is 4.39 Å². The zero-order chi connectivity index (χ0) is 14.8. The lowest BCUT2D eigenvalue weighted by molar-refractivity contribution is 0.442. The van der Waals surface area contributed by atoms with Gasteiger partial charge < -0.3 is 10.5 Å². The van der Waals surface area contributed by atoms with Crippen LogP contribution in [-0.4, -0.2) is 0 Å². The van der Waals surface area contributed by atoms with E-state index in [1.54, 1.807) is 12.1 Å². The zero-order valence-electron chi connectivity index (χ0n) is 11.7. The number of fused-ring (bicyclic) bond motifs is 1. The van der Waals surface area contributed by atoms with E-state index in [2.05, 4.69) is 0 Å². The number of halogens is 1. The molecular formula is C18H16FNO. The predicted molar refractivity (Wildman–Crippen MR) is 83.0 cm³/mol. The van der Waals surface area contributed by atoms with Crippen LogP contribution in [0, 0.1) is 5.82 Å². The molecule has 0 saturated heterocycles. The minimum absolute atomic E-state index is 0.200. The van der Waals surface area contributed by atoms with E-state index in [1.807, 2.05) is 49.4 Å². The minimum atomic E-state index is -0.405. The van der Waals surface area contributed by atoms with E-state index in [0.717, 1.165) is 16.3 Å². The summed E-state index contributed by atoms with van der Waals surface area (Å²) in [6, 6.07) is 18.3. The van der Waals surface area contributed by atoms with E-state index in [1.165, 1.54) is 6.07 Å². The molecule has 0 heterocycles. The van der Waals surface area contributed by atoms with Crippen LogP contribution in [0.3, 0.4) is 0 Å². The largest absolute Gasteiger partial charge is 0.454 e. The molecule has 0 fully saturated rings. The second-order valence-electron chi connectivity index (χ2n) is 5.09. The average Bonchev–Trinajstić information content (AvgIpc) is 2.49. The first-order valence-corrected chi connectivity index (χ1v) is 6.85. The van der Waals surface area contributed by atoms with Crippen LogP contribution in [0.2, 0.25) is 0 Å². The fourth-order valence-corrected chi connectivity index (χ4v) is 2.24. The first-order chi connectivity index (χ1) is 10.1. The first-order valence-electron chi connectivity index (χ1n) is 6.85. The highest BCUT2D eigenvalue weighted by molar-refractivity contribution is 5.83. The van der Waals surface area contributed by atoms with Crippen molar-refractivity contribution in [3.05, 3.63) is 72.0 Å². The van der Waals surface area contributed by atoms with Crippen LogP contribution in [0.15, 0.2) is 60.7 Å². The third-order valence-corrected chi connectivity index (χ3v) is 3.43. The Balaban J connectivity index is 1.91. The molecule has 0 aliphatic rings. The Morgan fingerprint density at radius 2 is 1.71 bits per heavy atom. The standard InChI is InChI=1S/C18H16FNO/c1-12(20)14-7-9-18(17(19)11-14)21-16-8-6-13-4-2-3-5-15(13)10-16/h2-12H,20H2,1H3/t12-/m0/s1. The Labute approximate surface area is 123 Å². The number of benzene rings is 3. The van der Waals surface area contributed by atoms with Crippen LogP contribution in [0.1, 0.15) is 18.5 Å². The van der Waals surface area contributed by atoms with Gasteiger partial charge in [0.25, 0.3) is 0 Å². The SMILES string of the molecule is C[C@H](N)c1ccc(Oc2ccc3ccccc3c2)c(F)c1. The highest BCUT2D eigenvalue weighted by atomic mass is 19.1. The number of hydrogen-bond donors (Lipinski definition) is 1. The maximum atomic E-state index is 14.0. The Hall–Kier alpha value is -2.39. The lowest BCUT2D eigenvalue weighted by atomic mass is 10.1. The Morgan fingerprint density at radius 1 is 0.952 bits per heavy atom. The van der Waals surface area contributed by atoms with Gasteiger partial charge in [0.05, 0.1) is 0 Å². The van der Waals surface area contributed by atoms with Crippen LogP contribution in [-0.2, 0) is 0 Å². The highest BCUT2D eigenvalue weighted by Crippen LogP contribution is 2.28. The molecule has 0 amide bonds. The molecule has 21 heavy (non-hydrogen) atoms. The second kappa shape index (κ2) is 5.54. The number of rotatable bonds is 3. The maximum Gasteiger partial charge on any atom is 0.166 e. The molecule has 106 valence electrons. The molecule has 1 atom stereocenters. The van der Waals surface area contributed by atoms with Gasteiger partial charge in [0.2, 0.25) is 0 Å². The van der Waals surface area contributed by atoms with Crippen LogP contribution in [0.5, 0.6) is 11.5 Å². The summed E-state index contributed by atoms with van der Waals surface area (Å²) in [6.07, 6.45) is 0. The van der Waals surface area contributed by atoms with E-state index in [9.17, 15) is 4.39 Å². The van der Waals surface area contributed by atoms with Crippen molar-refractivity contribution >= 4 is 10.8 Å². The summed E-state index contributed by atoms with van der Waals surface area (Å²) >= 11 is 0. The Bertz CT molecular complexity index is 783. The molecule has 0 spiro atoms. The maximum absolute atomic E-state index is 14.0. The van der Waals surface area contributed by atoms with Crippen LogP contribution >= 0.6 is 0 Å². The van der Waals surface area contributed by atoms with Gasteiger partial charge in [0, 0.05) is 6.04 Å². The number of nitrogens with two attached hydrogens (primary N) is 1. The van der Waals surface area contributed by atoms with Crippen molar-refractivity contribution in [2.75, 3.05) is 0 Å². The summed E-state index contributed by atoms with van der Waals surface area (Å²) in [6.45, 7) is 1.82. The summed E-state index contributed by atoms with van der Waals surface area (Å²) < 4.78 is 19.7. The van der Waals surface area contributed by atoms with Crippen molar-refractivity contribution in [1.29, 1.82) is 0 Å². The molecule has 0 aromatic heterocycles. The van der Waals surface area contributed by atoms with Crippen molar-refractivity contribution in [3.63, 3.8) is 0 Å². The lowest BCUT2D eigenvalue weighted by Gasteiger charge is -2.10. The number of ether oxygens (including phenoxy) is 1. The quantitative estimate of drug-likeness (QED) is 0.749. The van der Waals surface area contributed by atoms with Gasteiger partial charge in [0.15, 0.2) is 11.6 Å². The van der Waals surface area contributed by atoms with E-state index in [4.69, 9.17) is 10.5 Å². The molecule has 0 radical (unpaired) electrons. The number of hydrogen-bond acceptors (Lipinski definition) is 2. The van der Waals surface area contributed by atoms with Gasteiger partial charge in [-0.05, 0) is 47.5 Å². The molecule has 3 aromatic rings. The second-order valence-corrected chi connectivity index (χ2v) is 5.09. The molecule has 0 aliphatic carbocycles. The Kier molecular flexibility index (Phi) is 3.59. The van der Waals surface area contributed by atoms with Crippen molar-refractivity contribution in [1.82, 2.24) is 0 Å². The third-order valence-electron chi connectivity index (χ3n) is 3.43. The molecule has 3 rings (SSSR count). The molecule has 0 aliphatic heterocycles. The molecule has 0 saturated carbocycles. The van der Waals surface area contributed by atoms with Gasteiger partial charge in [-0.1, -0.05) is 36.4 Å². The van der Waals surface area contributed by atoms with Gasteiger partial charge in [-0.2, -0.15) is 0 Å². The van der Waals surface area contributed by atoms with E-state index >= 15 is 0 Å². The van der Waals surface area contributed by atoms with E-state index in [-0.39, 0.29) is 11.8 Å². The molecule has 0 bridgehead atoms. The van der Waals surface area contributed by atoms with Crippen molar-refractivity contribution in [2.45, 2.75) is 13.0 Å². The monoisotopic (exact) mass is 281 g/mol. The summed E-state index contributed by atoms with van der Waals surface area (Å²) in [7, 11) is 0. The van der Waals surface area contributed by atoms with Gasteiger partial charge >= 0.3 is 0 Å². The van der Waals surface area contributed by atoms with E-state index in [0.29, 0.717) is 5.75 Å². The van der Waals surface area contributed by atoms with Crippen molar-refractivity contribution in [2.24, 2.45) is 5.73 Å². The molecule has 0 unspecified atom stereocenters. The molecule has 3 aromatic carbocycles. The average molecular weight is 281 g/mol. The summed E-state index contributed by atoms with van der Waals surface area (Å²) in [4.78, 5) is 0. The van der Waals surface area contributed by atoms with Crippen LogP contribution in [0.25, 0.3) is 10.8 Å². The van der Waals surface area contributed by atoms with Gasteiger partial charge in [-0.3, -0.25) is 0 Å². The first kappa shape index (κ1) is 13.6. The van der Waals surface area contributed by atoms with Gasteiger partial charge in [-0.15, -0.1) is 0 Å².